The summed E-state index contributed by atoms with van der Waals surface area (Å²) in [4.78, 5) is 25.8. The number of nitrogens with one attached hydrogen (secondary N) is 1. The summed E-state index contributed by atoms with van der Waals surface area (Å²) in [6.07, 6.45) is -4.12. The molecule has 3 rings (SSSR count). The van der Waals surface area contributed by atoms with Crippen LogP contribution in [0.3, 0.4) is 0 Å². The van der Waals surface area contributed by atoms with Gasteiger partial charge in [-0.2, -0.15) is 13.2 Å². The maximum Gasteiger partial charge on any atom is 0.418 e. The molecule has 25 heavy (non-hydrogen) atoms. The molecule has 130 valence electrons. The van der Waals surface area contributed by atoms with E-state index in [1.165, 1.54) is 11.0 Å². The molecule has 0 atom stereocenters. The summed E-state index contributed by atoms with van der Waals surface area (Å²) in [6.45, 7) is 0.304. The lowest BCUT2D eigenvalue weighted by Gasteiger charge is -2.18. The van der Waals surface area contributed by atoms with E-state index in [9.17, 15) is 22.8 Å². The van der Waals surface area contributed by atoms with Crippen molar-refractivity contribution in [2.45, 2.75) is 12.6 Å². The third kappa shape index (κ3) is 3.46. The van der Waals surface area contributed by atoms with E-state index in [2.05, 4.69) is 0 Å². The monoisotopic (exact) mass is 368 g/mol. The molecular weight excluding hydrogens is 357 g/mol. The number of hydrogen-bond donors (Lipinski definition) is 1. The largest absolute Gasteiger partial charge is 0.418 e. The lowest BCUT2D eigenvalue weighted by molar-refractivity contribution is -0.137. The molecule has 0 aliphatic carbocycles. The van der Waals surface area contributed by atoms with Crippen LogP contribution in [0.5, 0.6) is 0 Å². The highest BCUT2D eigenvalue weighted by molar-refractivity contribution is 6.44. The Hall–Kier alpha value is -2.54. The summed E-state index contributed by atoms with van der Waals surface area (Å²) in [5.41, 5.74) is -0.119. The number of alkyl halides is 3. The number of benzene rings is 2. The Morgan fingerprint density at radius 3 is 2.56 bits per heavy atom. The Kier molecular flexibility index (Phi) is 4.43. The number of amides is 2. The van der Waals surface area contributed by atoms with Crippen molar-refractivity contribution in [3.05, 3.63) is 58.6 Å². The van der Waals surface area contributed by atoms with Gasteiger partial charge in [-0.1, -0.05) is 29.8 Å². The van der Waals surface area contributed by atoms with E-state index in [0.717, 1.165) is 11.6 Å². The lowest BCUT2D eigenvalue weighted by atomic mass is 10.1. The minimum Gasteiger partial charge on any atom is -0.317 e. The fourth-order valence-electron chi connectivity index (χ4n) is 2.71. The molecule has 0 saturated heterocycles. The van der Waals surface area contributed by atoms with Crippen LogP contribution in [0.25, 0.3) is 0 Å². The maximum atomic E-state index is 13.1. The highest BCUT2D eigenvalue weighted by atomic mass is 35.5. The van der Waals surface area contributed by atoms with Crippen LogP contribution in [0, 0.1) is 0 Å². The number of fused-ring (bicyclic) bond motifs is 1. The topological polar surface area (TPSA) is 49.4 Å². The molecule has 1 aliphatic heterocycles. The molecule has 1 heterocycles. The second-order valence-corrected chi connectivity index (χ2v) is 5.91. The quantitative estimate of drug-likeness (QED) is 0.776. The zero-order valence-electron chi connectivity index (χ0n) is 12.7. The van der Waals surface area contributed by atoms with Crippen LogP contribution >= 0.6 is 11.6 Å². The summed E-state index contributed by atoms with van der Waals surface area (Å²) in [6, 6.07) is 10.0. The SMILES string of the molecule is O=C(Nc1ccc(Cl)cc1C(F)(F)F)C(=O)N1CCc2ccccc21. The van der Waals surface area contributed by atoms with E-state index in [1.807, 2.05) is 17.4 Å². The predicted octanol–water partition coefficient (Wildman–Crippen LogP) is 3.89. The van der Waals surface area contributed by atoms with Gasteiger partial charge in [0, 0.05) is 17.3 Å². The first-order valence-electron chi connectivity index (χ1n) is 7.35. The van der Waals surface area contributed by atoms with E-state index < -0.39 is 29.2 Å². The number of carbonyl (C=O) groups is 2. The molecule has 0 aromatic heterocycles. The van der Waals surface area contributed by atoms with Crippen LogP contribution in [0.4, 0.5) is 24.5 Å². The summed E-state index contributed by atoms with van der Waals surface area (Å²) in [5.74, 6) is -2.04. The molecule has 0 saturated carbocycles. The molecule has 0 bridgehead atoms. The van der Waals surface area contributed by atoms with Gasteiger partial charge in [0.15, 0.2) is 0 Å². The smallest absolute Gasteiger partial charge is 0.317 e. The second kappa shape index (κ2) is 6.40. The molecule has 0 spiro atoms. The summed E-state index contributed by atoms with van der Waals surface area (Å²) >= 11 is 5.59. The molecule has 0 radical (unpaired) electrons. The number of anilines is 2. The van der Waals surface area contributed by atoms with Gasteiger partial charge >= 0.3 is 18.0 Å². The molecule has 2 aromatic carbocycles. The molecule has 4 nitrogen and oxygen atoms in total. The van der Waals surface area contributed by atoms with Crippen molar-refractivity contribution in [1.29, 1.82) is 0 Å². The lowest BCUT2D eigenvalue weighted by Crippen LogP contribution is -2.39. The minimum atomic E-state index is -4.71. The Labute approximate surface area is 146 Å². The number of rotatable bonds is 1. The first-order valence-corrected chi connectivity index (χ1v) is 7.72. The van der Waals surface area contributed by atoms with Crippen LogP contribution in [0.15, 0.2) is 42.5 Å². The highest BCUT2D eigenvalue weighted by Gasteiger charge is 2.35. The van der Waals surface area contributed by atoms with Crippen molar-refractivity contribution in [1.82, 2.24) is 0 Å². The molecule has 1 N–H and O–H groups in total. The number of halogens is 4. The van der Waals surface area contributed by atoms with Crippen molar-refractivity contribution in [2.75, 3.05) is 16.8 Å². The Morgan fingerprint density at radius 2 is 1.84 bits per heavy atom. The first-order chi connectivity index (χ1) is 11.8. The molecule has 0 fully saturated rings. The second-order valence-electron chi connectivity index (χ2n) is 5.48. The standard InChI is InChI=1S/C17H12ClF3N2O2/c18-11-5-6-13(12(9-11)17(19,20)21)22-15(24)16(25)23-8-7-10-3-1-2-4-14(10)23/h1-6,9H,7-8H2,(H,22,24). The highest BCUT2D eigenvalue weighted by Crippen LogP contribution is 2.36. The molecular formula is C17H12ClF3N2O2. The van der Waals surface area contributed by atoms with Gasteiger partial charge < -0.3 is 10.2 Å². The van der Waals surface area contributed by atoms with Crippen LogP contribution in [0.2, 0.25) is 5.02 Å². The third-order valence-electron chi connectivity index (χ3n) is 3.86. The van der Waals surface area contributed by atoms with Crippen molar-refractivity contribution >= 4 is 34.8 Å². The zero-order chi connectivity index (χ0) is 18.2. The zero-order valence-corrected chi connectivity index (χ0v) is 13.5. The normalized spacial score (nSPS) is 13.5. The van der Waals surface area contributed by atoms with Gasteiger partial charge in [0.05, 0.1) is 11.3 Å². The molecule has 2 amide bonds. The number of nitrogens with zero attached hydrogens (tertiary/aromatic N) is 1. The average Bonchev–Trinajstić information content (AvgIpc) is 2.98. The van der Waals surface area contributed by atoms with Gasteiger partial charge in [0.1, 0.15) is 0 Å². The Balaban J connectivity index is 1.83. The molecule has 8 heteroatoms. The van der Waals surface area contributed by atoms with Gasteiger partial charge in [0.25, 0.3) is 0 Å². The molecule has 1 aliphatic rings. The van der Waals surface area contributed by atoms with E-state index in [1.54, 1.807) is 12.1 Å². The number of hydrogen-bond acceptors (Lipinski definition) is 2. The molecule has 0 unspecified atom stereocenters. The van der Waals surface area contributed by atoms with Crippen molar-refractivity contribution < 1.29 is 22.8 Å². The predicted molar refractivity (Wildman–Crippen MR) is 87.6 cm³/mol. The maximum absolute atomic E-state index is 13.1. The van der Waals surface area contributed by atoms with E-state index in [4.69, 9.17) is 11.6 Å². The Bertz CT molecular complexity index is 852. The van der Waals surface area contributed by atoms with Crippen molar-refractivity contribution in [3.8, 4) is 0 Å². The Morgan fingerprint density at radius 1 is 1.12 bits per heavy atom. The van der Waals surface area contributed by atoms with Crippen LogP contribution in [0.1, 0.15) is 11.1 Å². The van der Waals surface area contributed by atoms with Gasteiger partial charge in [-0.15, -0.1) is 0 Å². The van der Waals surface area contributed by atoms with Crippen molar-refractivity contribution in [3.63, 3.8) is 0 Å². The fourth-order valence-corrected chi connectivity index (χ4v) is 2.88. The van der Waals surface area contributed by atoms with Gasteiger partial charge in [-0.05, 0) is 36.2 Å². The number of para-hydroxylation sites is 1. The van der Waals surface area contributed by atoms with Crippen molar-refractivity contribution in [2.24, 2.45) is 0 Å². The number of carbonyl (C=O) groups excluding carboxylic acids is 2. The van der Waals surface area contributed by atoms with E-state index in [0.29, 0.717) is 24.7 Å². The van der Waals surface area contributed by atoms with Gasteiger partial charge in [-0.25, -0.2) is 0 Å². The van der Waals surface area contributed by atoms with Gasteiger partial charge in [0.2, 0.25) is 0 Å². The summed E-state index contributed by atoms with van der Waals surface area (Å²) in [5, 5.41) is 1.92. The molecule has 2 aromatic rings. The fraction of sp³-hybridized carbons (Fsp3) is 0.176. The minimum absolute atomic E-state index is 0.120. The van der Waals surface area contributed by atoms with E-state index >= 15 is 0 Å². The van der Waals surface area contributed by atoms with Gasteiger partial charge in [-0.3, -0.25) is 9.59 Å². The first kappa shape index (κ1) is 17.3. The summed E-state index contributed by atoms with van der Waals surface area (Å²) in [7, 11) is 0. The average molecular weight is 369 g/mol. The summed E-state index contributed by atoms with van der Waals surface area (Å²) < 4.78 is 39.2. The van der Waals surface area contributed by atoms with Crippen LogP contribution in [-0.4, -0.2) is 18.4 Å². The van der Waals surface area contributed by atoms with Crippen LogP contribution in [-0.2, 0) is 22.2 Å². The van der Waals surface area contributed by atoms with E-state index in [-0.39, 0.29) is 5.02 Å². The third-order valence-corrected chi connectivity index (χ3v) is 4.10. The van der Waals surface area contributed by atoms with Crippen LogP contribution < -0.4 is 10.2 Å².